The summed E-state index contributed by atoms with van der Waals surface area (Å²) in [6, 6.07) is 8.00. The van der Waals surface area contributed by atoms with E-state index in [9.17, 15) is 8.42 Å². The standard InChI is InChI=1S/C13H12BrClN2O3S/c1-20-13-5-2-9(7-16-13)8-17-21(18,19)12-4-3-10(14)6-11(12)15/h2-7,17H,8H2,1H3. The van der Waals surface area contributed by atoms with Crippen LogP contribution in [0.3, 0.4) is 0 Å². The molecular weight excluding hydrogens is 380 g/mol. The molecule has 1 aromatic carbocycles. The smallest absolute Gasteiger partial charge is 0.242 e. The predicted octanol–water partition coefficient (Wildman–Crippen LogP) is 2.98. The monoisotopic (exact) mass is 390 g/mol. The Bertz CT molecular complexity index is 736. The third-order valence-electron chi connectivity index (χ3n) is 2.66. The largest absolute Gasteiger partial charge is 0.481 e. The van der Waals surface area contributed by atoms with E-state index in [-0.39, 0.29) is 16.5 Å². The minimum absolute atomic E-state index is 0.0360. The van der Waals surface area contributed by atoms with E-state index in [2.05, 4.69) is 25.6 Å². The highest BCUT2D eigenvalue weighted by Crippen LogP contribution is 2.25. The molecule has 2 aromatic rings. The SMILES string of the molecule is COc1ccc(CNS(=O)(=O)c2ccc(Br)cc2Cl)cn1. The summed E-state index contributed by atoms with van der Waals surface area (Å²) in [7, 11) is -2.17. The summed E-state index contributed by atoms with van der Waals surface area (Å²) in [6.45, 7) is 0.117. The normalized spacial score (nSPS) is 11.4. The van der Waals surface area contributed by atoms with Gasteiger partial charge in [-0.25, -0.2) is 18.1 Å². The number of nitrogens with zero attached hydrogens (tertiary/aromatic N) is 1. The van der Waals surface area contributed by atoms with Gasteiger partial charge in [0.05, 0.1) is 12.1 Å². The highest BCUT2D eigenvalue weighted by atomic mass is 79.9. The molecule has 0 spiro atoms. The summed E-state index contributed by atoms with van der Waals surface area (Å²) in [4.78, 5) is 4.05. The zero-order chi connectivity index (χ0) is 15.5. The number of pyridine rings is 1. The second kappa shape index (κ2) is 6.74. The Balaban J connectivity index is 2.13. The number of hydrogen-bond donors (Lipinski definition) is 1. The molecule has 0 radical (unpaired) electrons. The first-order chi connectivity index (χ1) is 9.92. The van der Waals surface area contributed by atoms with Gasteiger partial charge >= 0.3 is 0 Å². The van der Waals surface area contributed by atoms with Crippen LogP contribution in [-0.2, 0) is 16.6 Å². The molecule has 0 fully saturated rings. The molecule has 1 heterocycles. The first-order valence-electron chi connectivity index (χ1n) is 5.86. The summed E-state index contributed by atoms with van der Waals surface area (Å²) in [5.74, 6) is 0.470. The number of hydrogen-bond acceptors (Lipinski definition) is 4. The average molecular weight is 392 g/mol. The molecule has 0 amide bonds. The zero-order valence-corrected chi connectivity index (χ0v) is 14.2. The number of halogens is 2. The molecule has 0 saturated heterocycles. The second-order valence-corrected chi connectivity index (χ2v) is 7.17. The van der Waals surface area contributed by atoms with Gasteiger partial charge in [-0.2, -0.15) is 0 Å². The molecule has 21 heavy (non-hydrogen) atoms. The molecule has 1 N–H and O–H groups in total. The van der Waals surface area contributed by atoms with Crippen molar-refractivity contribution >= 4 is 37.6 Å². The fourth-order valence-corrected chi connectivity index (χ4v) is 3.64. The lowest BCUT2D eigenvalue weighted by Crippen LogP contribution is -2.23. The van der Waals surface area contributed by atoms with Crippen LogP contribution in [0.5, 0.6) is 5.88 Å². The quantitative estimate of drug-likeness (QED) is 0.851. The number of nitrogens with one attached hydrogen (secondary N) is 1. The Morgan fingerprint density at radius 3 is 2.67 bits per heavy atom. The van der Waals surface area contributed by atoms with Crippen molar-refractivity contribution < 1.29 is 13.2 Å². The Morgan fingerprint density at radius 1 is 1.33 bits per heavy atom. The van der Waals surface area contributed by atoms with Crippen LogP contribution >= 0.6 is 27.5 Å². The number of ether oxygens (including phenoxy) is 1. The number of benzene rings is 1. The summed E-state index contributed by atoms with van der Waals surface area (Å²) < 4.78 is 32.5. The Morgan fingerprint density at radius 2 is 2.10 bits per heavy atom. The molecule has 112 valence electrons. The van der Waals surface area contributed by atoms with Gasteiger partial charge in [-0.15, -0.1) is 0 Å². The number of sulfonamides is 1. The summed E-state index contributed by atoms with van der Waals surface area (Å²) in [6.07, 6.45) is 1.55. The zero-order valence-electron chi connectivity index (χ0n) is 11.0. The van der Waals surface area contributed by atoms with E-state index in [1.165, 1.54) is 19.2 Å². The van der Waals surface area contributed by atoms with Crippen molar-refractivity contribution in [3.8, 4) is 5.88 Å². The minimum atomic E-state index is -3.68. The maximum absolute atomic E-state index is 12.2. The maximum atomic E-state index is 12.2. The van der Waals surface area contributed by atoms with Crippen molar-refractivity contribution in [2.24, 2.45) is 0 Å². The number of methoxy groups -OCH3 is 1. The van der Waals surface area contributed by atoms with Crippen molar-refractivity contribution in [1.29, 1.82) is 0 Å². The van der Waals surface area contributed by atoms with E-state index in [1.807, 2.05) is 0 Å². The summed E-state index contributed by atoms with van der Waals surface area (Å²) >= 11 is 9.19. The molecule has 0 unspecified atom stereocenters. The van der Waals surface area contributed by atoms with Crippen LogP contribution < -0.4 is 9.46 Å². The molecule has 1 aromatic heterocycles. The van der Waals surface area contributed by atoms with Crippen LogP contribution in [0.15, 0.2) is 45.9 Å². The highest BCUT2D eigenvalue weighted by molar-refractivity contribution is 9.10. The van der Waals surface area contributed by atoms with Gasteiger partial charge in [0.15, 0.2) is 0 Å². The predicted molar refractivity (Wildman–Crippen MR) is 84.0 cm³/mol. The first-order valence-corrected chi connectivity index (χ1v) is 8.51. The van der Waals surface area contributed by atoms with Gasteiger partial charge in [-0.05, 0) is 23.8 Å². The third kappa shape index (κ3) is 4.16. The lowest BCUT2D eigenvalue weighted by atomic mass is 10.3. The molecule has 2 rings (SSSR count). The van der Waals surface area contributed by atoms with E-state index in [1.54, 1.807) is 24.4 Å². The van der Waals surface area contributed by atoms with Crippen LogP contribution in [0.1, 0.15) is 5.56 Å². The van der Waals surface area contributed by atoms with Gasteiger partial charge in [0.2, 0.25) is 15.9 Å². The molecular formula is C13H12BrClN2O3S. The summed E-state index contributed by atoms with van der Waals surface area (Å²) in [5, 5.41) is 0.157. The molecule has 0 bridgehead atoms. The number of rotatable bonds is 5. The molecule has 0 aliphatic carbocycles. The topological polar surface area (TPSA) is 68.3 Å². The third-order valence-corrected chi connectivity index (χ3v) is 5.03. The molecule has 0 saturated carbocycles. The minimum Gasteiger partial charge on any atom is -0.481 e. The van der Waals surface area contributed by atoms with E-state index in [0.29, 0.717) is 15.9 Å². The van der Waals surface area contributed by atoms with Crippen LogP contribution in [0, 0.1) is 0 Å². The van der Waals surface area contributed by atoms with Gasteiger partial charge in [0, 0.05) is 23.3 Å². The fourth-order valence-electron chi connectivity index (χ4n) is 1.59. The van der Waals surface area contributed by atoms with Gasteiger partial charge in [-0.3, -0.25) is 0 Å². The number of aromatic nitrogens is 1. The molecule has 8 heteroatoms. The van der Waals surface area contributed by atoms with Crippen LogP contribution in [-0.4, -0.2) is 20.5 Å². The van der Waals surface area contributed by atoms with Crippen molar-refractivity contribution in [3.63, 3.8) is 0 Å². The Hall–Kier alpha value is -1.15. The van der Waals surface area contributed by atoms with Crippen LogP contribution in [0.4, 0.5) is 0 Å². The van der Waals surface area contributed by atoms with E-state index < -0.39 is 10.0 Å². The first kappa shape index (κ1) is 16.2. The van der Waals surface area contributed by atoms with Gasteiger partial charge < -0.3 is 4.74 Å². The Labute approximate surface area is 136 Å². The van der Waals surface area contributed by atoms with Crippen molar-refractivity contribution in [1.82, 2.24) is 9.71 Å². The summed E-state index contributed by atoms with van der Waals surface area (Å²) in [5.41, 5.74) is 0.715. The van der Waals surface area contributed by atoms with E-state index in [4.69, 9.17) is 16.3 Å². The van der Waals surface area contributed by atoms with Gasteiger partial charge in [0.25, 0.3) is 0 Å². The van der Waals surface area contributed by atoms with Crippen LogP contribution in [0.2, 0.25) is 5.02 Å². The maximum Gasteiger partial charge on any atom is 0.242 e. The molecule has 5 nitrogen and oxygen atoms in total. The van der Waals surface area contributed by atoms with Crippen molar-refractivity contribution in [2.75, 3.05) is 7.11 Å². The highest BCUT2D eigenvalue weighted by Gasteiger charge is 2.17. The molecule has 0 aliphatic rings. The van der Waals surface area contributed by atoms with Crippen molar-refractivity contribution in [2.45, 2.75) is 11.4 Å². The van der Waals surface area contributed by atoms with E-state index >= 15 is 0 Å². The lowest BCUT2D eigenvalue weighted by molar-refractivity contribution is 0.397. The van der Waals surface area contributed by atoms with E-state index in [0.717, 1.165) is 0 Å². The second-order valence-electron chi connectivity index (χ2n) is 4.11. The Kier molecular flexibility index (Phi) is 5.21. The van der Waals surface area contributed by atoms with Gasteiger partial charge in [0.1, 0.15) is 4.90 Å². The lowest BCUT2D eigenvalue weighted by Gasteiger charge is -2.09. The molecule has 0 aliphatic heterocycles. The molecule has 0 atom stereocenters. The van der Waals surface area contributed by atoms with Crippen LogP contribution in [0.25, 0.3) is 0 Å². The van der Waals surface area contributed by atoms with Gasteiger partial charge in [-0.1, -0.05) is 33.6 Å². The average Bonchev–Trinajstić information content (AvgIpc) is 2.45. The van der Waals surface area contributed by atoms with Crippen molar-refractivity contribution in [3.05, 3.63) is 51.6 Å². The fraction of sp³-hybridized carbons (Fsp3) is 0.154.